The van der Waals surface area contributed by atoms with Gasteiger partial charge in [-0.25, -0.2) is 15.0 Å². The molecule has 4 aromatic heterocycles. The van der Waals surface area contributed by atoms with Crippen molar-refractivity contribution in [1.82, 2.24) is 24.1 Å². The lowest BCUT2D eigenvalue weighted by atomic mass is 9.90. The third-order valence-corrected chi connectivity index (χ3v) is 7.79. The number of hydrogen-bond donors (Lipinski definition) is 2. The summed E-state index contributed by atoms with van der Waals surface area (Å²) in [4.78, 5) is 41.6. The van der Waals surface area contributed by atoms with Gasteiger partial charge in [0.15, 0.2) is 0 Å². The van der Waals surface area contributed by atoms with E-state index < -0.39 is 0 Å². The first kappa shape index (κ1) is 25.9. The van der Waals surface area contributed by atoms with Gasteiger partial charge in [-0.1, -0.05) is 13.8 Å². The molecule has 1 aliphatic carbocycles. The van der Waals surface area contributed by atoms with E-state index in [0.29, 0.717) is 58.6 Å². The van der Waals surface area contributed by atoms with E-state index in [4.69, 9.17) is 0 Å². The van der Waals surface area contributed by atoms with Crippen LogP contribution in [-0.2, 0) is 33.0 Å². The molecular weight excluding hydrogens is 506 g/mol. The highest BCUT2D eigenvalue weighted by molar-refractivity contribution is 6.06. The van der Waals surface area contributed by atoms with Crippen LogP contribution in [0.4, 0.5) is 17.3 Å². The molecule has 206 valence electrons. The van der Waals surface area contributed by atoms with Gasteiger partial charge in [0, 0.05) is 61.1 Å². The van der Waals surface area contributed by atoms with E-state index in [2.05, 4.69) is 38.7 Å². The number of aliphatic hydroxyl groups excluding tert-OH is 1. The molecule has 0 fully saturated rings. The Morgan fingerprint density at radius 3 is 2.62 bits per heavy atom. The van der Waals surface area contributed by atoms with Gasteiger partial charge in [-0.3, -0.25) is 14.5 Å². The molecule has 10 nitrogen and oxygen atoms in total. The maximum Gasteiger partial charge on any atom is 0.276 e. The Balaban J connectivity index is 1.38. The highest BCUT2D eigenvalue weighted by Crippen LogP contribution is 2.40. The number of aryl methyl sites for hydroxylation is 3. The molecule has 0 saturated heterocycles. The number of nitrogens with one attached hydrogen (secondary N) is 1. The second kappa shape index (κ2) is 9.41. The van der Waals surface area contributed by atoms with E-state index in [-0.39, 0.29) is 23.5 Å². The highest BCUT2D eigenvalue weighted by Gasteiger charge is 2.37. The van der Waals surface area contributed by atoms with Gasteiger partial charge in [0.2, 0.25) is 0 Å². The molecule has 0 radical (unpaired) electrons. The number of rotatable bonds is 5. The number of carbonyl (C=O) groups is 1. The molecular formula is C30H33N7O3. The fourth-order valence-corrected chi connectivity index (χ4v) is 6.12. The number of amides is 1. The molecule has 0 saturated carbocycles. The molecule has 40 heavy (non-hydrogen) atoms. The second-order valence-electron chi connectivity index (χ2n) is 11.6. The molecule has 5 heterocycles. The standard InChI is InChI=1S/C30H33N7O3/c1-17-10-26(33-18(2)32-17)34-23-11-20(15-35(5)28(23)39)21-6-7-31-27(22(21)16-38)37-9-8-36-24(29(37)40)12-19-13-30(3,4)14-25(19)36/h6-7,10-12,15,38H,8-9,13-14,16H2,1-5H3,(H,32,33,34). The third-order valence-electron chi connectivity index (χ3n) is 7.79. The van der Waals surface area contributed by atoms with Crippen LogP contribution in [0.2, 0.25) is 0 Å². The molecule has 0 spiro atoms. The summed E-state index contributed by atoms with van der Waals surface area (Å²) in [6.45, 7) is 9.01. The minimum absolute atomic E-state index is 0.116. The first-order valence-electron chi connectivity index (χ1n) is 13.5. The Morgan fingerprint density at radius 2 is 1.88 bits per heavy atom. The van der Waals surface area contributed by atoms with Crippen LogP contribution < -0.4 is 15.8 Å². The number of carbonyl (C=O) groups excluding carboxylic acids is 1. The Morgan fingerprint density at radius 1 is 1.07 bits per heavy atom. The minimum Gasteiger partial charge on any atom is -0.392 e. The van der Waals surface area contributed by atoms with Gasteiger partial charge in [-0.2, -0.15) is 0 Å². The summed E-state index contributed by atoms with van der Waals surface area (Å²) in [5, 5.41) is 13.7. The summed E-state index contributed by atoms with van der Waals surface area (Å²) in [7, 11) is 1.68. The maximum atomic E-state index is 13.7. The van der Waals surface area contributed by atoms with E-state index in [1.165, 1.54) is 15.8 Å². The third kappa shape index (κ3) is 4.38. The SMILES string of the molecule is Cc1cc(Nc2cc(-c3ccnc(N4CCn5c(cc6c5CC(C)(C)C6)C4=O)c3CO)cn(C)c2=O)nc(C)n1. The summed E-state index contributed by atoms with van der Waals surface area (Å²) >= 11 is 0. The van der Waals surface area contributed by atoms with Crippen molar-refractivity contribution in [3.05, 3.63) is 81.0 Å². The summed E-state index contributed by atoms with van der Waals surface area (Å²) in [6.07, 6.45) is 5.28. The van der Waals surface area contributed by atoms with Crippen LogP contribution in [0.3, 0.4) is 0 Å². The summed E-state index contributed by atoms with van der Waals surface area (Å²) < 4.78 is 3.65. The predicted molar refractivity (Wildman–Crippen MR) is 153 cm³/mol. The molecule has 10 heteroatoms. The van der Waals surface area contributed by atoms with Crippen LogP contribution in [-0.4, -0.2) is 41.6 Å². The van der Waals surface area contributed by atoms with Crippen molar-refractivity contribution in [2.75, 3.05) is 16.8 Å². The van der Waals surface area contributed by atoms with E-state index >= 15 is 0 Å². The lowest BCUT2D eigenvalue weighted by molar-refractivity contribution is 0.0962. The van der Waals surface area contributed by atoms with Crippen LogP contribution in [0.5, 0.6) is 0 Å². The molecule has 0 bridgehead atoms. The molecule has 1 aliphatic heterocycles. The van der Waals surface area contributed by atoms with Crippen LogP contribution in [0.25, 0.3) is 11.1 Å². The molecule has 6 rings (SSSR count). The van der Waals surface area contributed by atoms with Gasteiger partial charge in [-0.05, 0) is 61.4 Å². The minimum atomic E-state index is -0.316. The van der Waals surface area contributed by atoms with E-state index in [9.17, 15) is 14.7 Å². The molecule has 0 atom stereocenters. The van der Waals surface area contributed by atoms with Crippen LogP contribution in [0.1, 0.15) is 52.7 Å². The Bertz CT molecular complexity index is 1710. The zero-order chi connectivity index (χ0) is 28.3. The van der Waals surface area contributed by atoms with Crippen LogP contribution >= 0.6 is 0 Å². The quantitative estimate of drug-likeness (QED) is 0.397. The summed E-state index contributed by atoms with van der Waals surface area (Å²) in [6, 6.07) is 7.34. The van der Waals surface area contributed by atoms with Gasteiger partial charge in [0.1, 0.15) is 28.8 Å². The molecule has 0 aromatic carbocycles. The fraction of sp³-hybridized carbons (Fsp3) is 0.367. The van der Waals surface area contributed by atoms with Gasteiger partial charge >= 0.3 is 0 Å². The number of nitrogens with zero attached hydrogens (tertiary/aromatic N) is 6. The predicted octanol–water partition coefficient (Wildman–Crippen LogP) is 3.68. The first-order valence-corrected chi connectivity index (χ1v) is 13.5. The average Bonchev–Trinajstić information content (AvgIpc) is 3.38. The van der Waals surface area contributed by atoms with Crippen molar-refractivity contribution in [1.29, 1.82) is 0 Å². The smallest absolute Gasteiger partial charge is 0.276 e. The second-order valence-corrected chi connectivity index (χ2v) is 11.6. The number of fused-ring (bicyclic) bond motifs is 3. The zero-order valence-corrected chi connectivity index (χ0v) is 23.4. The van der Waals surface area contributed by atoms with Gasteiger partial charge in [0.05, 0.1) is 6.61 Å². The lowest BCUT2D eigenvalue weighted by Gasteiger charge is -2.31. The van der Waals surface area contributed by atoms with E-state index in [1.807, 2.05) is 13.0 Å². The van der Waals surface area contributed by atoms with Gasteiger partial charge < -0.3 is 19.6 Å². The van der Waals surface area contributed by atoms with E-state index in [0.717, 1.165) is 18.5 Å². The molecule has 2 aliphatic rings. The molecule has 2 N–H and O–H groups in total. The van der Waals surface area contributed by atoms with Crippen molar-refractivity contribution in [2.24, 2.45) is 12.5 Å². The lowest BCUT2D eigenvalue weighted by Crippen LogP contribution is -2.41. The topological polar surface area (TPSA) is 118 Å². The average molecular weight is 540 g/mol. The Hall–Kier alpha value is -4.31. The van der Waals surface area contributed by atoms with Crippen molar-refractivity contribution in [2.45, 2.75) is 53.7 Å². The summed E-state index contributed by atoms with van der Waals surface area (Å²) in [5.74, 6) is 1.44. The number of pyridine rings is 2. The van der Waals surface area contributed by atoms with Crippen molar-refractivity contribution >= 4 is 23.2 Å². The number of hydrogen-bond acceptors (Lipinski definition) is 7. The van der Waals surface area contributed by atoms with Crippen LogP contribution in [0, 0.1) is 19.3 Å². The van der Waals surface area contributed by atoms with E-state index in [1.54, 1.807) is 49.5 Å². The van der Waals surface area contributed by atoms with Gasteiger partial charge in [-0.15, -0.1) is 0 Å². The fourth-order valence-electron chi connectivity index (χ4n) is 6.12. The van der Waals surface area contributed by atoms with Crippen LogP contribution in [0.15, 0.2) is 41.5 Å². The number of anilines is 3. The Kier molecular flexibility index (Phi) is 6.10. The molecule has 0 unspecified atom stereocenters. The van der Waals surface area contributed by atoms with Crippen molar-refractivity contribution < 1.29 is 9.90 Å². The highest BCUT2D eigenvalue weighted by atomic mass is 16.3. The number of aromatic nitrogens is 5. The van der Waals surface area contributed by atoms with Crippen molar-refractivity contribution in [3.8, 4) is 11.1 Å². The maximum absolute atomic E-state index is 13.7. The zero-order valence-electron chi connectivity index (χ0n) is 23.4. The molecule has 1 amide bonds. The van der Waals surface area contributed by atoms with Crippen molar-refractivity contribution in [3.63, 3.8) is 0 Å². The summed E-state index contributed by atoms with van der Waals surface area (Å²) in [5.41, 5.74) is 6.22. The normalized spacial score (nSPS) is 15.8. The Labute approximate surface area is 232 Å². The first-order chi connectivity index (χ1) is 19.0. The number of aliphatic hydroxyl groups is 1. The monoisotopic (exact) mass is 539 g/mol. The molecule has 4 aromatic rings. The van der Waals surface area contributed by atoms with Gasteiger partial charge in [0.25, 0.3) is 11.5 Å². The largest absolute Gasteiger partial charge is 0.392 e.